The normalized spacial score (nSPS) is 13.2. The second-order valence-corrected chi connectivity index (χ2v) is 5.00. The molecule has 3 aromatic rings. The Morgan fingerprint density at radius 1 is 1.00 bits per heavy atom. The molecule has 0 fully saturated rings. The van der Waals surface area contributed by atoms with E-state index >= 15 is 0 Å². The summed E-state index contributed by atoms with van der Waals surface area (Å²) in [5, 5.41) is 18.4. The van der Waals surface area contributed by atoms with E-state index in [4.69, 9.17) is 0 Å². The van der Waals surface area contributed by atoms with Crippen LogP contribution in [0, 0.1) is 0 Å². The van der Waals surface area contributed by atoms with Gasteiger partial charge in [-0.25, -0.2) is 10.1 Å². The zero-order chi connectivity index (χ0) is 14.9. The third-order valence-corrected chi connectivity index (χ3v) is 3.47. The fourth-order valence-corrected chi connectivity index (χ4v) is 2.38. The number of nitrogens with one attached hydrogen (secondary N) is 1. The number of benzene rings is 2. The zero-order valence-corrected chi connectivity index (χ0v) is 11.6. The van der Waals surface area contributed by atoms with E-state index in [2.05, 4.69) is 20.6 Å². The van der Waals surface area contributed by atoms with Crippen LogP contribution in [-0.2, 0) is 6.54 Å². The first kappa shape index (κ1) is 12.6. The number of phenols is 1. The van der Waals surface area contributed by atoms with Gasteiger partial charge in [0.25, 0.3) is 0 Å². The SMILES string of the molecule is Oc1cccc(-c2nc3n(n2)CC(c2ccccc2)=NN3)c1. The number of rotatable bonds is 2. The molecule has 0 bridgehead atoms. The summed E-state index contributed by atoms with van der Waals surface area (Å²) in [5.41, 5.74) is 5.65. The molecule has 0 unspecified atom stereocenters. The summed E-state index contributed by atoms with van der Waals surface area (Å²) in [4.78, 5) is 4.41. The molecule has 4 rings (SSSR count). The Labute approximate surface area is 126 Å². The Hall–Kier alpha value is -3.15. The van der Waals surface area contributed by atoms with Crippen molar-refractivity contribution < 1.29 is 5.11 Å². The monoisotopic (exact) mass is 291 g/mol. The molecular formula is C16H13N5O. The average Bonchev–Trinajstić information content (AvgIpc) is 2.99. The molecule has 6 nitrogen and oxygen atoms in total. The maximum absolute atomic E-state index is 9.57. The number of hydrazone groups is 1. The highest BCUT2D eigenvalue weighted by atomic mass is 16.3. The van der Waals surface area contributed by atoms with Crippen molar-refractivity contribution in [1.29, 1.82) is 0 Å². The molecule has 2 N–H and O–H groups in total. The van der Waals surface area contributed by atoms with Gasteiger partial charge in [0, 0.05) is 5.56 Å². The van der Waals surface area contributed by atoms with Crippen LogP contribution >= 0.6 is 0 Å². The van der Waals surface area contributed by atoms with E-state index in [9.17, 15) is 5.11 Å². The highest BCUT2D eigenvalue weighted by Crippen LogP contribution is 2.23. The maximum atomic E-state index is 9.57. The van der Waals surface area contributed by atoms with Crippen LogP contribution in [0.1, 0.15) is 5.56 Å². The first-order chi connectivity index (χ1) is 10.8. The van der Waals surface area contributed by atoms with Crippen LogP contribution < -0.4 is 5.43 Å². The Bertz CT molecular complexity index is 854. The Morgan fingerprint density at radius 3 is 2.64 bits per heavy atom. The summed E-state index contributed by atoms with van der Waals surface area (Å²) in [5.74, 6) is 1.35. The molecule has 0 aliphatic carbocycles. The van der Waals surface area contributed by atoms with Gasteiger partial charge in [0.1, 0.15) is 5.75 Å². The lowest BCUT2D eigenvalue weighted by atomic mass is 10.1. The number of hydrogen-bond acceptors (Lipinski definition) is 5. The molecule has 22 heavy (non-hydrogen) atoms. The first-order valence-electron chi connectivity index (χ1n) is 6.92. The second kappa shape index (κ2) is 5.00. The summed E-state index contributed by atoms with van der Waals surface area (Å²) in [6.45, 7) is 0.554. The molecule has 0 saturated carbocycles. The van der Waals surface area contributed by atoms with Crippen molar-refractivity contribution in [2.75, 3.05) is 5.43 Å². The highest BCUT2D eigenvalue weighted by molar-refractivity contribution is 6.01. The first-order valence-corrected chi connectivity index (χ1v) is 6.92. The third-order valence-electron chi connectivity index (χ3n) is 3.47. The van der Waals surface area contributed by atoms with Gasteiger partial charge in [-0.1, -0.05) is 42.5 Å². The smallest absolute Gasteiger partial charge is 0.242 e. The van der Waals surface area contributed by atoms with Crippen LogP contribution in [0.25, 0.3) is 11.4 Å². The number of aromatic nitrogens is 3. The summed E-state index contributed by atoms with van der Waals surface area (Å²) < 4.78 is 1.77. The van der Waals surface area contributed by atoms with Crippen LogP contribution in [0.15, 0.2) is 59.7 Å². The van der Waals surface area contributed by atoms with E-state index in [0.29, 0.717) is 18.3 Å². The van der Waals surface area contributed by atoms with E-state index in [1.807, 2.05) is 36.4 Å². The number of phenolic OH excluding ortho intramolecular Hbond substituents is 1. The fourth-order valence-electron chi connectivity index (χ4n) is 2.38. The third kappa shape index (κ3) is 2.20. The largest absolute Gasteiger partial charge is 0.508 e. The van der Waals surface area contributed by atoms with Crippen LogP contribution in [0.3, 0.4) is 0 Å². The lowest BCUT2D eigenvalue weighted by Crippen LogP contribution is -2.21. The summed E-state index contributed by atoms with van der Waals surface area (Å²) in [6, 6.07) is 16.8. The van der Waals surface area contributed by atoms with E-state index < -0.39 is 0 Å². The molecule has 2 heterocycles. The van der Waals surface area contributed by atoms with Gasteiger partial charge in [-0.05, 0) is 17.7 Å². The van der Waals surface area contributed by atoms with Crippen LogP contribution in [-0.4, -0.2) is 25.6 Å². The summed E-state index contributed by atoms with van der Waals surface area (Å²) >= 11 is 0. The molecule has 0 radical (unpaired) electrons. The predicted molar refractivity (Wildman–Crippen MR) is 83.7 cm³/mol. The van der Waals surface area contributed by atoms with Crippen LogP contribution in [0.2, 0.25) is 0 Å². The number of anilines is 1. The Kier molecular flexibility index (Phi) is 2.86. The lowest BCUT2D eigenvalue weighted by Gasteiger charge is -2.13. The molecule has 0 atom stereocenters. The Balaban J connectivity index is 1.66. The fraction of sp³-hybridized carbons (Fsp3) is 0.0625. The minimum absolute atomic E-state index is 0.194. The number of aromatic hydroxyl groups is 1. The van der Waals surface area contributed by atoms with E-state index in [0.717, 1.165) is 16.8 Å². The van der Waals surface area contributed by atoms with Crippen molar-refractivity contribution >= 4 is 11.7 Å². The average molecular weight is 291 g/mol. The molecule has 6 heteroatoms. The van der Waals surface area contributed by atoms with Gasteiger partial charge >= 0.3 is 0 Å². The number of fused-ring (bicyclic) bond motifs is 1. The summed E-state index contributed by atoms with van der Waals surface area (Å²) in [6.07, 6.45) is 0. The van der Waals surface area contributed by atoms with E-state index in [-0.39, 0.29) is 5.75 Å². The topological polar surface area (TPSA) is 75.3 Å². The van der Waals surface area contributed by atoms with Gasteiger partial charge in [-0.3, -0.25) is 0 Å². The second-order valence-electron chi connectivity index (χ2n) is 5.00. The maximum Gasteiger partial charge on any atom is 0.242 e. The molecule has 108 valence electrons. The minimum Gasteiger partial charge on any atom is -0.508 e. The van der Waals surface area contributed by atoms with Crippen molar-refractivity contribution in [3.8, 4) is 17.1 Å². The number of hydrogen-bond donors (Lipinski definition) is 2. The molecule has 1 aromatic heterocycles. The molecule has 2 aromatic carbocycles. The van der Waals surface area contributed by atoms with Gasteiger partial charge < -0.3 is 5.11 Å². The molecule has 1 aliphatic rings. The van der Waals surface area contributed by atoms with Gasteiger partial charge in [0.2, 0.25) is 5.95 Å². The van der Waals surface area contributed by atoms with Crippen LogP contribution in [0.5, 0.6) is 5.75 Å². The van der Waals surface area contributed by atoms with Crippen molar-refractivity contribution in [1.82, 2.24) is 14.8 Å². The van der Waals surface area contributed by atoms with Crippen molar-refractivity contribution in [2.45, 2.75) is 6.54 Å². The number of nitrogens with zero attached hydrogens (tertiary/aromatic N) is 4. The highest BCUT2D eigenvalue weighted by Gasteiger charge is 2.18. The predicted octanol–water partition coefficient (Wildman–Crippen LogP) is 2.48. The summed E-state index contributed by atoms with van der Waals surface area (Å²) in [7, 11) is 0. The van der Waals surface area contributed by atoms with Crippen molar-refractivity contribution in [3.05, 3.63) is 60.2 Å². The van der Waals surface area contributed by atoms with E-state index in [1.54, 1.807) is 22.9 Å². The van der Waals surface area contributed by atoms with E-state index in [1.165, 1.54) is 0 Å². The standard InChI is InChI=1S/C16H13N5O/c22-13-8-4-7-12(9-13)15-17-16-19-18-14(10-21(16)20-15)11-5-2-1-3-6-11/h1-9,22H,10H2,(H,17,19,20). The lowest BCUT2D eigenvalue weighted by molar-refractivity contribution is 0.475. The molecule has 0 saturated heterocycles. The minimum atomic E-state index is 0.194. The molecule has 1 aliphatic heterocycles. The Morgan fingerprint density at radius 2 is 1.82 bits per heavy atom. The van der Waals surface area contributed by atoms with Crippen molar-refractivity contribution in [2.24, 2.45) is 5.10 Å². The molecule has 0 spiro atoms. The van der Waals surface area contributed by atoms with Gasteiger partial charge in [-0.2, -0.15) is 10.1 Å². The van der Waals surface area contributed by atoms with Crippen molar-refractivity contribution in [3.63, 3.8) is 0 Å². The quantitative estimate of drug-likeness (QED) is 0.760. The molecule has 0 amide bonds. The molecular weight excluding hydrogens is 278 g/mol. The van der Waals surface area contributed by atoms with Gasteiger partial charge in [0.05, 0.1) is 12.3 Å². The van der Waals surface area contributed by atoms with Gasteiger partial charge in [-0.15, -0.1) is 5.10 Å². The zero-order valence-electron chi connectivity index (χ0n) is 11.6. The van der Waals surface area contributed by atoms with Gasteiger partial charge in [0.15, 0.2) is 5.82 Å². The van der Waals surface area contributed by atoms with Crippen LogP contribution in [0.4, 0.5) is 5.95 Å².